The molecule has 0 saturated carbocycles. The van der Waals surface area contributed by atoms with Crippen LogP contribution in [-0.2, 0) is 6.42 Å². The summed E-state index contributed by atoms with van der Waals surface area (Å²) in [6.45, 7) is 7.80. The van der Waals surface area contributed by atoms with Crippen molar-refractivity contribution in [1.29, 1.82) is 0 Å². The molecule has 3 heteroatoms. The maximum absolute atomic E-state index is 5.56. The van der Waals surface area contributed by atoms with Gasteiger partial charge in [0.1, 0.15) is 5.69 Å². The minimum absolute atomic E-state index is 0.692. The summed E-state index contributed by atoms with van der Waals surface area (Å²) in [6, 6.07) is 0. The van der Waals surface area contributed by atoms with Crippen molar-refractivity contribution in [3.8, 4) is 0 Å². The lowest BCUT2D eigenvalue weighted by Gasteiger charge is -1.86. The van der Waals surface area contributed by atoms with E-state index in [4.69, 9.17) is 10.3 Å². The molecule has 0 unspecified atom stereocenters. The van der Waals surface area contributed by atoms with Crippen molar-refractivity contribution in [3.05, 3.63) is 11.5 Å². The minimum Gasteiger partial charge on any atom is -0.394 e. The second-order valence-electron chi connectivity index (χ2n) is 1.95. The molecule has 1 aromatic heterocycles. The Morgan fingerprint density at radius 2 is 2.00 bits per heavy atom. The van der Waals surface area contributed by atoms with E-state index in [0.29, 0.717) is 11.4 Å². The zero-order valence-electron chi connectivity index (χ0n) is 7.64. The summed E-state index contributed by atoms with van der Waals surface area (Å²) in [4.78, 5) is 0. The molecule has 0 spiro atoms. The maximum Gasteiger partial charge on any atom is 0.156 e. The Morgan fingerprint density at radius 1 is 1.45 bits per heavy atom. The van der Waals surface area contributed by atoms with Gasteiger partial charge >= 0.3 is 0 Å². The average Bonchev–Trinajstić information content (AvgIpc) is 2.37. The highest BCUT2D eigenvalue weighted by Crippen LogP contribution is 2.14. The van der Waals surface area contributed by atoms with Crippen LogP contribution in [-0.4, -0.2) is 5.16 Å². The van der Waals surface area contributed by atoms with Crippen molar-refractivity contribution in [2.24, 2.45) is 0 Å². The molecule has 11 heavy (non-hydrogen) atoms. The first kappa shape index (κ1) is 10.0. The smallest absolute Gasteiger partial charge is 0.156 e. The van der Waals surface area contributed by atoms with E-state index in [0.717, 1.165) is 12.1 Å². The molecule has 64 valence electrons. The Kier molecular flexibility index (Phi) is 4.34. The van der Waals surface area contributed by atoms with Crippen molar-refractivity contribution < 1.29 is 4.52 Å². The monoisotopic (exact) mass is 156 g/mol. The number of rotatable bonds is 1. The number of nitrogens with zero attached hydrogens (tertiary/aromatic N) is 1. The molecule has 3 nitrogen and oxygen atoms in total. The quantitative estimate of drug-likeness (QED) is 0.677. The van der Waals surface area contributed by atoms with Gasteiger partial charge in [-0.15, -0.1) is 0 Å². The molecular formula is C8H16N2O. The highest BCUT2D eigenvalue weighted by molar-refractivity contribution is 5.44. The maximum atomic E-state index is 5.56. The van der Waals surface area contributed by atoms with E-state index < -0.39 is 0 Å². The van der Waals surface area contributed by atoms with E-state index in [-0.39, 0.29) is 0 Å². The highest BCUT2D eigenvalue weighted by Gasteiger charge is 2.04. The number of anilines is 1. The van der Waals surface area contributed by atoms with Crippen molar-refractivity contribution in [3.63, 3.8) is 0 Å². The lowest BCUT2D eigenvalue weighted by molar-refractivity contribution is 0.391. The van der Waals surface area contributed by atoms with E-state index in [2.05, 4.69) is 5.16 Å². The van der Waals surface area contributed by atoms with Gasteiger partial charge in [0.25, 0.3) is 0 Å². The van der Waals surface area contributed by atoms with Gasteiger partial charge in [-0.1, -0.05) is 25.9 Å². The molecule has 1 rings (SSSR count). The molecule has 0 bridgehead atoms. The van der Waals surface area contributed by atoms with Crippen molar-refractivity contribution in [2.45, 2.75) is 34.1 Å². The third kappa shape index (κ3) is 2.26. The van der Waals surface area contributed by atoms with Crippen LogP contribution in [0, 0.1) is 6.92 Å². The van der Waals surface area contributed by atoms with Crippen LogP contribution in [0.3, 0.4) is 0 Å². The summed E-state index contributed by atoms with van der Waals surface area (Å²) in [5.41, 5.74) is 7.10. The number of nitrogen functional groups attached to an aromatic ring is 1. The van der Waals surface area contributed by atoms with Crippen LogP contribution < -0.4 is 5.73 Å². The first-order valence-electron chi connectivity index (χ1n) is 3.96. The van der Waals surface area contributed by atoms with E-state index in [9.17, 15) is 0 Å². The summed E-state index contributed by atoms with van der Waals surface area (Å²) < 4.78 is 4.81. The zero-order chi connectivity index (χ0) is 8.85. The van der Waals surface area contributed by atoms with Crippen LogP contribution in [0.15, 0.2) is 4.52 Å². The van der Waals surface area contributed by atoms with Crippen LogP contribution in [0.5, 0.6) is 0 Å². The number of hydrogen-bond acceptors (Lipinski definition) is 3. The number of nitrogens with two attached hydrogens (primary N) is 1. The third-order valence-electron chi connectivity index (χ3n) is 1.32. The molecule has 0 fully saturated rings. The Bertz CT molecular complexity index is 206. The van der Waals surface area contributed by atoms with Gasteiger partial charge in [-0.2, -0.15) is 0 Å². The second kappa shape index (κ2) is 4.77. The number of aromatic nitrogens is 1. The van der Waals surface area contributed by atoms with Crippen LogP contribution in [0.2, 0.25) is 0 Å². The summed E-state index contributed by atoms with van der Waals surface area (Å²) in [7, 11) is 0. The van der Waals surface area contributed by atoms with Gasteiger partial charge in [-0.3, -0.25) is 0 Å². The van der Waals surface area contributed by atoms with Crippen LogP contribution >= 0.6 is 0 Å². The summed E-state index contributed by atoms with van der Waals surface area (Å²) >= 11 is 0. The molecule has 0 aliphatic rings. The van der Waals surface area contributed by atoms with Crippen molar-refractivity contribution >= 4 is 5.69 Å². The Hall–Kier alpha value is -0.990. The standard InChI is InChI=1S/C6H10N2O.C2H6/c1-3-5-6(7)4(2)9-8-5;1-2/h3,7H2,1-2H3;1-2H3. The molecule has 0 aliphatic heterocycles. The van der Waals surface area contributed by atoms with Gasteiger partial charge in [-0.05, 0) is 13.3 Å². The van der Waals surface area contributed by atoms with Crippen LogP contribution in [0.1, 0.15) is 32.2 Å². The lowest BCUT2D eigenvalue weighted by Crippen LogP contribution is -1.89. The van der Waals surface area contributed by atoms with Gasteiger partial charge in [0, 0.05) is 0 Å². The Morgan fingerprint density at radius 3 is 2.18 bits per heavy atom. The summed E-state index contributed by atoms with van der Waals surface area (Å²) in [5.74, 6) is 0.715. The normalized spacial score (nSPS) is 8.73. The van der Waals surface area contributed by atoms with Gasteiger partial charge in [-0.25, -0.2) is 0 Å². The van der Waals surface area contributed by atoms with Crippen molar-refractivity contribution in [2.75, 3.05) is 5.73 Å². The summed E-state index contributed by atoms with van der Waals surface area (Å²) in [5, 5.41) is 3.73. The average molecular weight is 156 g/mol. The van der Waals surface area contributed by atoms with Crippen molar-refractivity contribution in [1.82, 2.24) is 5.16 Å². The van der Waals surface area contributed by atoms with E-state index >= 15 is 0 Å². The third-order valence-corrected chi connectivity index (χ3v) is 1.32. The number of aryl methyl sites for hydroxylation is 2. The molecule has 1 aromatic rings. The molecule has 1 heterocycles. The number of hydrogen-bond donors (Lipinski definition) is 1. The molecule has 0 aliphatic carbocycles. The fourth-order valence-corrected chi connectivity index (χ4v) is 0.680. The summed E-state index contributed by atoms with van der Waals surface area (Å²) in [6.07, 6.45) is 0.836. The lowest BCUT2D eigenvalue weighted by atomic mass is 10.3. The predicted octanol–water partition coefficient (Wildman–Crippen LogP) is 2.15. The van der Waals surface area contributed by atoms with Gasteiger partial charge in [0.15, 0.2) is 5.76 Å². The molecule has 0 amide bonds. The Labute approximate surface area is 67.6 Å². The fraction of sp³-hybridized carbons (Fsp3) is 0.625. The molecule has 0 radical (unpaired) electrons. The first-order valence-corrected chi connectivity index (χ1v) is 3.96. The molecule has 0 aromatic carbocycles. The minimum atomic E-state index is 0.692. The molecular weight excluding hydrogens is 140 g/mol. The van der Waals surface area contributed by atoms with E-state index in [1.807, 2.05) is 27.7 Å². The molecule has 2 N–H and O–H groups in total. The highest BCUT2D eigenvalue weighted by atomic mass is 16.5. The van der Waals surface area contributed by atoms with E-state index in [1.165, 1.54) is 0 Å². The fourth-order valence-electron chi connectivity index (χ4n) is 0.680. The molecule has 0 atom stereocenters. The topological polar surface area (TPSA) is 52.0 Å². The zero-order valence-corrected chi connectivity index (χ0v) is 7.64. The molecule has 0 saturated heterocycles. The van der Waals surface area contributed by atoms with Gasteiger partial charge in [0.2, 0.25) is 0 Å². The predicted molar refractivity (Wildman–Crippen MR) is 46.4 cm³/mol. The van der Waals surface area contributed by atoms with Crippen LogP contribution in [0.25, 0.3) is 0 Å². The second-order valence-corrected chi connectivity index (χ2v) is 1.95. The first-order chi connectivity index (χ1) is 5.25. The van der Waals surface area contributed by atoms with Gasteiger partial charge < -0.3 is 10.3 Å². The van der Waals surface area contributed by atoms with Gasteiger partial charge in [0.05, 0.1) is 5.69 Å². The SMILES string of the molecule is CC.CCc1noc(C)c1N. The van der Waals surface area contributed by atoms with E-state index in [1.54, 1.807) is 0 Å². The Balaban J connectivity index is 0.000000461. The van der Waals surface area contributed by atoms with Crippen LogP contribution in [0.4, 0.5) is 5.69 Å². The largest absolute Gasteiger partial charge is 0.394 e.